The quantitative estimate of drug-likeness (QED) is 0.306. The summed E-state index contributed by atoms with van der Waals surface area (Å²) in [6, 6.07) is 0. The Morgan fingerprint density at radius 2 is 1.84 bits per heavy atom. The van der Waals surface area contributed by atoms with Gasteiger partial charge in [-0.15, -0.1) is 0 Å². The van der Waals surface area contributed by atoms with Crippen LogP contribution < -0.4 is 0 Å². The second kappa shape index (κ2) is 9.34. The van der Waals surface area contributed by atoms with Gasteiger partial charge in [0.25, 0.3) is 0 Å². The second-order valence-corrected chi connectivity index (χ2v) is 12.7. The molecule has 0 aliphatic heterocycles. The van der Waals surface area contributed by atoms with Crippen molar-refractivity contribution in [1.82, 2.24) is 0 Å². The topological polar surface area (TPSA) is 35.5 Å². The molecule has 0 radical (unpaired) electrons. The summed E-state index contributed by atoms with van der Waals surface area (Å²) in [4.78, 5) is 11.6. The van der Waals surface area contributed by atoms with E-state index in [0.29, 0.717) is 10.8 Å². The zero-order valence-corrected chi connectivity index (χ0v) is 21.6. The van der Waals surface area contributed by atoms with Crippen molar-refractivity contribution < 1.29 is 14.3 Å². The molecule has 8 atom stereocenters. The SMILES string of the molecule is COC(=O)O[C@H]1CC[C@@]2(C)C(=CC[C@H]3[C@@H]4CC[C@H](C(C)CCCC(C)C)[C@@]4(C)CC[C@@H]32)C1. The number of rotatable bonds is 6. The van der Waals surface area contributed by atoms with Crippen molar-refractivity contribution in [3.05, 3.63) is 11.6 Å². The first-order chi connectivity index (χ1) is 15.2. The molecule has 0 saturated heterocycles. The van der Waals surface area contributed by atoms with E-state index in [1.165, 1.54) is 58.5 Å². The molecule has 182 valence electrons. The Morgan fingerprint density at radius 1 is 1.06 bits per heavy atom. The van der Waals surface area contributed by atoms with E-state index in [-0.39, 0.29) is 6.10 Å². The maximum Gasteiger partial charge on any atom is 0.508 e. The first-order valence-corrected chi connectivity index (χ1v) is 13.6. The highest BCUT2D eigenvalue weighted by atomic mass is 16.7. The summed E-state index contributed by atoms with van der Waals surface area (Å²) in [5.74, 6) is 5.20. The molecule has 4 rings (SSSR count). The van der Waals surface area contributed by atoms with Crippen LogP contribution in [0.5, 0.6) is 0 Å². The molecule has 0 heterocycles. The number of hydrogen-bond acceptors (Lipinski definition) is 3. The second-order valence-electron chi connectivity index (χ2n) is 12.7. The summed E-state index contributed by atoms with van der Waals surface area (Å²) in [5.41, 5.74) is 2.42. The van der Waals surface area contributed by atoms with Gasteiger partial charge in [0.2, 0.25) is 0 Å². The minimum atomic E-state index is -0.527. The van der Waals surface area contributed by atoms with Crippen LogP contribution in [0.2, 0.25) is 0 Å². The lowest BCUT2D eigenvalue weighted by Crippen LogP contribution is -2.51. The van der Waals surface area contributed by atoms with Gasteiger partial charge in [-0.2, -0.15) is 0 Å². The molecule has 4 aliphatic rings. The molecule has 3 nitrogen and oxygen atoms in total. The average Bonchev–Trinajstić information content (AvgIpc) is 3.11. The van der Waals surface area contributed by atoms with Crippen LogP contribution in [0.25, 0.3) is 0 Å². The van der Waals surface area contributed by atoms with Crippen LogP contribution in [0.15, 0.2) is 11.6 Å². The van der Waals surface area contributed by atoms with E-state index in [2.05, 4.69) is 40.7 Å². The number of methoxy groups -OCH3 is 1. The van der Waals surface area contributed by atoms with Gasteiger partial charge in [-0.05, 0) is 91.3 Å². The van der Waals surface area contributed by atoms with Gasteiger partial charge >= 0.3 is 6.16 Å². The number of ether oxygens (including phenoxy) is 2. The maximum atomic E-state index is 11.6. The van der Waals surface area contributed by atoms with E-state index in [1.54, 1.807) is 5.57 Å². The van der Waals surface area contributed by atoms with Crippen LogP contribution >= 0.6 is 0 Å². The van der Waals surface area contributed by atoms with E-state index < -0.39 is 6.16 Å². The highest BCUT2D eigenvalue weighted by Gasteiger charge is 2.59. The summed E-state index contributed by atoms with van der Waals surface area (Å²) >= 11 is 0. The minimum absolute atomic E-state index is 0.00488. The van der Waals surface area contributed by atoms with E-state index >= 15 is 0 Å². The molecule has 0 amide bonds. The third kappa shape index (κ3) is 4.27. The minimum Gasteiger partial charge on any atom is -0.438 e. The fraction of sp³-hybridized carbons (Fsp3) is 0.897. The molecule has 0 aromatic heterocycles. The Labute approximate surface area is 197 Å². The van der Waals surface area contributed by atoms with Crippen molar-refractivity contribution >= 4 is 6.16 Å². The van der Waals surface area contributed by atoms with Crippen molar-refractivity contribution in [2.45, 2.75) is 111 Å². The summed E-state index contributed by atoms with van der Waals surface area (Å²) < 4.78 is 10.3. The number of fused-ring (bicyclic) bond motifs is 5. The summed E-state index contributed by atoms with van der Waals surface area (Å²) in [6.07, 6.45) is 16.2. The van der Waals surface area contributed by atoms with Gasteiger partial charge in [0, 0.05) is 6.42 Å². The highest BCUT2D eigenvalue weighted by Crippen LogP contribution is 2.67. The lowest BCUT2D eigenvalue weighted by Gasteiger charge is -2.58. The lowest BCUT2D eigenvalue weighted by atomic mass is 9.47. The fourth-order valence-corrected chi connectivity index (χ4v) is 8.94. The van der Waals surface area contributed by atoms with E-state index in [1.807, 2.05) is 0 Å². The molecule has 3 saturated carbocycles. The molecule has 1 unspecified atom stereocenters. The molecule has 0 aromatic rings. The van der Waals surface area contributed by atoms with Gasteiger partial charge in [-0.1, -0.05) is 65.5 Å². The predicted molar refractivity (Wildman–Crippen MR) is 130 cm³/mol. The average molecular weight is 445 g/mol. The Balaban J connectivity index is 1.45. The molecule has 0 aromatic carbocycles. The maximum absolute atomic E-state index is 11.6. The smallest absolute Gasteiger partial charge is 0.438 e. The van der Waals surface area contributed by atoms with Crippen LogP contribution in [0.3, 0.4) is 0 Å². The molecule has 3 fully saturated rings. The van der Waals surface area contributed by atoms with Gasteiger partial charge in [0.15, 0.2) is 0 Å². The van der Waals surface area contributed by atoms with E-state index in [9.17, 15) is 4.79 Å². The normalized spacial score (nSPS) is 41.8. The largest absolute Gasteiger partial charge is 0.508 e. The molecule has 0 N–H and O–H groups in total. The summed E-state index contributed by atoms with van der Waals surface area (Å²) in [7, 11) is 1.40. The summed E-state index contributed by atoms with van der Waals surface area (Å²) in [6.45, 7) is 12.5. The van der Waals surface area contributed by atoms with Crippen LogP contribution in [0, 0.1) is 46.3 Å². The van der Waals surface area contributed by atoms with Crippen molar-refractivity contribution in [2.24, 2.45) is 46.3 Å². The third-order valence-electron chi connectivity index (χ3n) is 10.7. The van der Waals surface area contributed by atoms with Crippen molar-refractivity contribution in [3.63, 3.8) is 0 Å². The molecule has 4 aliphatic carbocycles. The number of allylic oxidation sites excluding steroid dienone is 1. The van der Waals surface area contributed by atoms with Crippen molar-refractivity contribution in [1.29, 1.82) is 0 Å². The van der Waals surface area contributed by atoms with Crippen molar-refractivity contribution in [2.75, 3.05) is 7.11 Å². The Hall–Kier alpha value is -0.990. The molecular formula is C29H48O3. The molecular weight excluding hydrogens is 396 g/mol. The number of carbonyl (C=O) groups is 1. The standard InChI is InChI=1S/C29H48O3/c1-19(2)8-7-9-20(3)24-12-13-25-23-11-10-21-18-22(32-27(30)31-6)14-16-28(21,4)26(23)15-17-29(24,25)5/h10,19-20,22-26H,7-9,11-18H2,1-6H3/t20?,22-,23-,24+,25-,26-,28-,29+/m0/s1. The van der Waals surface area contributed by atoms with Gasteiger partial charge in [0.05, 0.1) is 7.11 Å². The monoisotopic (exact) mass is 444 g/mol. The lowest BCUT2D eigenvalue weighted by molar-refractivity contribution is -0.0608. The Kier molecular flexibility index (Phi) is 7.04. The van der Waals surface area contributed by atoms with Crippen LogP contribution in [0.1, 0.15) is 105 Å². The first kappa shape index (κ1) is 24.1. The zero-order valence-electron chi connectivity index (χ0n) is 21.6. The van der Waals surface area contributed by atoms with Crippen LogP contribution in [0.4, 0.5) is 4.79 Å². The van der Waals surface area contributed by atoms with Gasteiger partial charge in [0.1, 0.15) is 6.10 Å². The molecule has 0 bridgehead atoms. The van der Waals surface area contributed by atoms with E-state index in [4.69, 9.17) is 9.47 Å². The predicted octanol–water partition coefficient (Wildman–Crippen LogP) is 8.18. The highest BCUT2D eigenvalue weighted by molar-refractivity contribution is 5.59. The van der Waals surface area contributed by atoms with Crippen LogP contribution in [-0.4, -0.2) is 19.4 Å². The van der Waals surface area contributed by atoms with Crippen molar-refractivity contribution in [3.8, 4) is 0 Å². The summed E-state index contributed by atoms with van der Waals surface area (Å²) in [5, 5.41) is 0. The number of hydrogen-bond donors (Lipinski definition) is 0. The molecule has 3 heteroatoms. The van der Waals surface area contributed by atoms with Gasteiger partial charge < -0.3 is 9.47 Å². The first-order valence-electron chi connectivity index (χ1n) is 13.6. The molecule has 0 spiro atoms. The van der Waals surface area contributed by atoms with Gasteiger partial charge in [-0.3, -0.25) is 0 Å². The van der Waals surface area contributed by atoms with Gasteiger partial charge in [-0.25, -0.2) is 4.79 Å². The third-order valence-corrected chi connectivity index (χ3v) is 10.7. The van der Waals surface area contributed by atoms with E-state index in [0.717, 1.165) is 54.8 Å². The number of carbonyl (C=O) groups excluding carboxylic acids is 1. The fourth-order valence-electron chi connectivity index (χ4n) is 8.94. The Morgan fingerprint density at radius 3 is 2.56 bits per heavy atom. The molecule has 32 heavy (non-hydrogen) atoms. The Bertz CT molecular complexity index is 711. The van der Waals surface area contributed by atoms with Crippen LogP contribution in [-0.2, 0) is 9.47 Å². The zero-order chi connectivity index (χ0) is 23.1.